The minimum atomic E-state index is -0.928. The van der Waals surface area contributed by atoms with Crippen LogP contribution in [0.2, 0.25) is 0 Å². The molecular formula is C25H40N4O2. The smallest absolute Gasteiger partial charge is 0.318 e. The third-order valence-corrected chi connectivity index (χ3v) is 5.92. The summed E-state index contributed by atoms with van der Waals surface area (Å²) in [6, 6.07) is 9.18. The molecule has 0 aliphatic heterocycles. The zero-order chi connectivity index (χ0) is 22.2. The lowest BCUT2D eigenvalue weighted by atomic mass is 9.98. The van der Waals surface area contributed by atoms with Crippen LogP contribution in [0, 0.1) is 0 Å². The van der Waals surface area contributed by atoms with Crippen molar-refractivity contribution >= 4 is 5.97 Å². The number of benzene rings is 1. The number of aliphatic carboxylic acids is 1. The lowest BCUT2D eigenvalue weighted by Crippen LogP contribution is -2.19. The van der Waals surface area contributed by atoms with Crippen LogP contribution in [0.15, 0.2) is 30.3 Å². The standard InChI is InChI=1S/C25H40N4O2/c1-2-3-4-5-6-7-8-9-10-11-12-13-14-18-21-29-24(26-27-28-29)23(25(30)31)22-19-16-15-17-20-22/h15-17,19-20,23H,2-14,18,21H2,1H3,(H,30,31). The fourth-order valence-electron chi connectivity index (χ4n) is 4.08. The molecule has 6 nitrogen and oxygen atoms in total. The Hall–Kier alpha value is -2.24. The molecule has 0 amide bonds. The lowest BCUT2D eigenvalue weighted by molar-refractivity contribution is -0.138. The van der Waals surface area contributed by atoms with Crippen LogP contribution < -0.4 is 0 Å². The van der Waals surface area contributed by atoms with Crippen molar-refractivity contribution in [3.63, 3.8) is 0 Å². The van der Waals surface area contributed by atoms with Crippen molar-refractivity contribution in [1.82, 2.24) is 20.2 Å². The molecule has 0 fully saturated rings. The van der Waals surface area contributed by atoms with E-state index in [1.807, 2.05) is 30.3 Å². The Labute approximate surface area is 187 Å². The summed E-state index contributed by atoms with van der Waals surface area (Å²) >= 11 is 0. The molecule has 0 aliphatic carbocycles. The molecule has 1 aromatic carbocycles. The number of hydrogen-bond donors (Lipinski definition) is 1. The fourth-order valence-corrected chi connectivity index (χ4v) is 4.08. The Bertz CT molecular complexity index is 717. The van der Waals surface area contributed by atoms with Crippen LogP contribution in [-0.4, -0.2) is 31.3 Å². The van der Waals surface area contributed by atoms with E-state index in [-0.39, 0.29) is 0 Å². The van der Waals surface area contributed by atoms with Gasteiger partial charge in [0.1, 0.15) is 5.92 Å². The number of nitrogens with zero attached hydrogens (tertiary/aromatic N) is 4. The first-order chi connectivity index (χ1) is 15.2. The van der Waals surface area contributed by atoms with E-state index in [0.717, 1.165) is 12.8 Å². The average Bonchev–Trinajstić information content (AvgIpc) is 3.22. The first-order valence-corrected chi connectivity index (χ1v) is 12.3. The number of hydrogen-bond acceptors (Lipinski definition) is 4. The molecule has 0 radical (unpaired) electrons. The van der Waals surface area contributed by atoms with Gasteiger partial charge in [-0.1, -0.05) is 121 Å². The summed E-state index contributed by atoms with van der Waals surface area (Å²) in [5, 5.41) is 21.5. The summed E-state index contributed by atoms with van der Waals surface area (Å²) in [5.41, 5.74) is 0.701. The van der Waals surface area contributed by atoms with Crippen molar-refractivity contribution in [2.24, 2.45) is 0 Å². The highest BCUT2D eigenvalue weighted by molar-refractivity contribution is 5.79. The molecular weight excluding hydrogens is 388 g/mol. The van der Waals surface area contributed by atoms with Crippen LogP contribution >= 0.6 is 0 Å². The number of carbonyl (C=O) groups is 1. The molecule has 0 aliphatic rings. The molecule has 1 heterocycles. The normalized spacial score (nSPS) is 12.2. The molecule has 31 heavy (non-hydrogen) atoms. The zero-order valence-corrected chi connectivity index (χ0v) is 19.2. The third-order valence-electron chi connectivity index (χ3n) is 5.92. The summed E-state index contributed by atoms with van der Waals surface area (Å²) in [7, 11) is 0. The molecule has 6 heteroatoms. The number of aromatic nitrogens is 4. The van der Waals surface area contributed by atoms with Gasteiger partial charge in [-0.3, -0.25) is 4.79 Å². The number of tetrazole rings is 1. The van der Waals surface area contributed by atoms with E-state index >= 15 is 0 Å². The zero-order valence-electron chi connectivity index (χ0n) is 19.2. The van der Waals surface area contributed by atoms with Crippen molar-refractivity contribution in [3.8, 4) is 0 Å². The molecule has 1 atom stereocenters. The number of aryl methyl sites for hydroxylation is 1. The predicted molar refractivity (Wildman–Crippen MR) is 124 cm³/mol. The fraction of sp³-hybridized carbons (Fsp3) is 0.680. The molecule has 2 aromatic rings. The minimum absolute atomic E-state index is 0.411. The van der Waals surface area contributed by atoms with E-state index < -0.39 is 11.9 Å². The maximum Gasteiger partial charge on any atom is 0.318 e. The Morgan fingerprint density at radius 3 is 1.87 bits per heavy atom. The first kappa shape index (κ1) is 25.0. The summed E-state index contributed by atoms with van der Waals surface area (Å²) in [5.74, 6) is -1.35. The SMILES string of the molecule is CCCCCCCCCCCCCCCCn1nnnc1C(C(=O)O)c1ccccc1. The number of unbranched alkanes of at least 4 members (excludes halogenated alkanes) is 13. The minimum Gasteiger partial charge on any atom is -0.480 e. The van der Waals surface area contributed by atoms with Gasteiger partial charge in [-0.15, -0.1) is 5.10 Å². The van der Waals surface area contributed by atoms with Crippen molar-refractivity contribution in [3.05, 3.63) is 41.7 Å². The van der Waals surface area contributed by atoms with Crippen LogP contribution in [0.3, 0.4) is 0 Å². The van der Waals surface area contributed by atoms with Gasteiger partial charge in [-0.2, -0.15) is 0 Å². The average molecular weight is 429 g/mol. The van der Waals surface area contributed by atoms with Crippen LogP contribution in [0.25, 0.3) is 0 Å². The topological polar surface area (TPSA) is 80.9 Å². The van der Waals surface area contributed by atoms with Crippen molar-refractivity contribution < 1.29 is 9.90 Å². The van der Waals surface area contributed by atoms with E-state index in [4.69, 9.17) is 0 Å². The van der Waals surface area contributed by atoms with Crippen LogP contribution in [0.4, 0.5) is 0 Å². The maximum absolute atomic E-state index is 11.8. The predicted octanol–water partition coefficient (Wildman–Crippen LogP) is 6.37. The third kappa shape index (κ3) is 9.62. The molecule has 0 spiro atoms. The molecule has 172 valence electrons. The van der Waals surface area contributed by atoms with Gasteiger partial charge in [-0.25, -0.2) is 4.68 Å². The summed E-state index contributed by atoms with van der Waals surface area (Å²) < 4.78 is 1.66. The monoisotopic (exact) mass is 428 g/mol. The van der Waals surface area contributed by atoms with E-state index in [1.54, 1.807) is 4.68 Å². The second-order valence-electron chi connectivity index (χ2n) is 8.54. The van der Waals surface area contributed by atoms with Crippen molar-refractivity contribution in [1.29, 1.82) is 0 Å². The molecule has 0 saturated carbocycles. The van der Waals surface area contributed by atoms with E-state index in [9.17, 15) is 9.90 Å². The van der Waals surface area contributed by atoms with Crippen LogP contribution in [-0.2, 0) is 11.3 Å². The van der Waals surface area contributed by atoms with E-state index in [0.29, 0.717) is 17.9 Å². The summed E-state index contributed by atoms with van der Waals surface area (Å²) in [4.78, 5) is 11.8. The highest BCUT2D eigenvalue weighted by Crippen LogP contribution is 2.23. The number of carboxylic acid groups (broad SMARTS) is 1. The Balaban J connectivity index is 1.58. The molecule has 1 N–H and O–H groups in total. The Morgan fingerprint density at radius 2 is 1.35 bits per heavy atom. The molecule has 0 saturated heterocycles. The van der Waals surface area contributed by atoms with Gasteiger partial charge in [0.05, 0.1) is 0 Å². The van der Waals surface area contributed by atoms with E-state index in [2.05, 4.69) is 22.4 Å². The molecule has 0 bridgehead atoms. The number of rotatable bonds is 18. The highest BCUT2D eigenvalue weighted by Gasteiger charge is 2.27. The Morgan fingerprint density at radius 1 is 0.839 bits per heavy atom. The van der Waals surface area contributed by atoms with Gasteiger partial charge >= 0.3 is 5.97 Å². The lowest BCUT2D eigenvalue weighted by Gasteiger charge is -2.12. The largest absolute Gasteiger partial charge is 0.480 e. The van der Waals surface area contributed by atoms with Gasteiger partial charge in [0, 0.05) is 6.54 Å². The second-order valence-corrected chi connectivity index (χ2v) is 8.54. The van der Waals surface area contributed by atoms with Crippen molar-refractivity contribution in [2.75, 3.05) is 0 Å². The molecule has 2 rings (SSSR count). The van der Waals surface area contributed by atoms with Gasteiger partial charge < -0.3 is 5.11 Å². The first-order valence-electron chi connectivity index (χ1n) is 12.3. The quantitative estimate of drug-likeness (QED) is 0.279. The summed E-state index contributed by atoms with van der Waals surface area (Å²) in [6.07, 6.45) is 18.4. The molecule has 1 aromatic heterocycles. The van der Waals surface area contributed by atoms with Gasteiger partial charge in [0.25, 0.3) is 0 Å². The van der Waals surface area contributed by atoms with Crippen LogP contribution in [0.5, 0.6) is 0 Å². The summed E-state index contributed by atoms with van der Waals surface area (Å²) in [6.45, 7) is 2.93. The van der Waals surface area contributed by atoms with Gasteiger partial charge in [0.2, 0.25) is 0 Å². The van der Waals surface area contributed by atoms with Gasteiger partial charge in [0.15, 0.2) is 5.82 Å². The Kier molecular flexibility index (Phi) is 12.5. The number of carboxylic acids is 1. The van der Waals surface area contributed by atoms with E-state index in [1.165, 1.54) is 77.0 Å². The highest BCUT2D eigenvalue weighted by atomic mass is 16.4. The molecule has 1 unspecified atom stereocenters. The van der Waals surface area contributed by atoms with Gasteiger partial charge in [-0.05, 0) is 22.4 Å². The second kappa shape index (κ2) is 15.5. The maximum atomic E-state index is 11.8. The van der Waals surface area contributed by atoms with Crippen molar-refractivity contribution in [2.45, 2.75) is 109 Å². The van der Waals surface area contributed by atoms with Crippen LogP contribution in [0.1, 0.15) is 114 Å².